The summed E-state index contributed by atoms with van der Waals surface area (Å²) in [5, 5.41) is 6.62. The minimum atomic E-state index is -0.374. The van der Waals surface area contributed by atoms with E-state index in [0.717, 1.165) is 24.1 Å². The van der Waals surface area contributed by atoms with E-state index in [-0.39, 0.29) is 11.2 Å². The maximum absolute atomic E-state index is 12.0. The summed E-state index contributed by atoms with van der Waals surface area (Å²) in [7, 11) is 3.07. The summed E-state index contributed by atoms with van der Waals surface area (Å²) in [4.78, 5) is 31.1. The molecule has 1 saturated heterocycles. The van der Waals surface area contributed by atoms with Gasteiger partial charge in [-0.15, -0.1) is 0 Å². The lowest BCUT2D eigenvalue weighted by Gasteiger charge is -2.09. The third kappa shape index (κ3) is 2.46. The Morgan fingerprint density at radius 1 is 1.33 bits per heavy atom. The van der Waals surface area contributed by atoms with Crippen molar-refractivity contribution in [2.75, 3.05) is 18.4 Å². The zero-order valence-electron chi connectivity index (χ0n) is 12.3. The van der Waals surface area contributed by atoms with Gasteiger partial charge in [0.1, 0.15) is 0 Å². The van der Waals surface area contributed by atoms with E-state index >= 15 is 0 Å². The van der Waals surface area contributed by atoms with E-state index in [1.165, 1.54) is 24.5 Å². The largest absolute Gasteiger partial charge is 0.356 e. The first-order valence-electron chi connectivity index (χ1n) is 7.21. The number of nitrogens with zero attached hydrogens (tertiary/aromatic N) is 3. The van der Waals surface area contributed by atoms with Gasteiger partial charge in [0.2, 0.25) is 5.95 Å². The van der Waals surface area contributed by atoms with Crippen LogP contribution in [0.2, 0.25) is 0 Å². The summed E-state index contributed by atoms with van der Waals surface area (Å²) in [6.07, 6.45) is 3.44. The number of anilines is 1. The highest BCUT2D eigenvalue weighted by Crippen LogP contribution is 2.11. The Kier molecular flexibility index (Phi) is 3.54. The first kappa shape index (κ1) is 13.9. The molecule has 1 aliphatic rings. The molecule has 0 aromatic carbocycles. The summed E-state index contributed by atoms with van der Waals surface area (Å²) >= 11 is 0. The molecule has 2 aromatic rings. The monoisotopic (exact) mass is 292 g/mol. The molecule has 1 aliphatic heterocycles. The van der Waals surface area contributed by atoms with Crippen molar-refractivity contribution in [3.63, 3.8) is 0 Å². The first-order chi connectivity index (χ1) is 10.1. The third-order valence-corrected chi connectivity index (χ3v) is 4.04. The van der Waals surface area contributed by atoms with Gasteiger partial charge in [-0.2, -0.15) is 4.98 Å². The predicted molar refractivity (Wildman–Crippen MR) is 80.7 cm³/mol. The van der Waals surface area contributed by atoms with E-state index in [4.69, 9.17) is 0 Å². The third-order valence-electron chi connectivity index (χ3n) is 4.04. The van der Waals surface area contributed by atoms with Gasteiger partial charge in [-0.05, 0) is 25.8 Å². The molecule has 8 nitrogen and oxygen atoms in total. The topological polar surface area (TPSA) is 96.7 Å². The van der Waals surface area contributed by atoms with Gasteiger partial charge < -0.3 is 15.6 Å². The second kappa shape index (κ2) is 5.36. The van der Waals surface area contributed by atoms with E-state index in [1.807, 2.05) is 0 Å². The van der Waals surface area contributed by atoms with Gasteiger partial charge in [0.05, 0.1) is 0 Å². The van der Waals surface area contributed by atoms with Gasteiger partial charge in [-0.3, -0.25) is 13.9 Å². The van der Waals surface area contributed by atoms with Crippen LogP contribution in [0.1, 0.15) is 19.3 Å². The number of nitrogens with one attached hydrogen (secondary N) is 3. The van der Waals surface area contributed by atoms with Gasteiger partial charge >= 0.3 is 5.69 Å². The summed E-state index contributed by atoms with van der Waals surface area (Å²) < 4.78 is 2.45. The van der Waals surface area contributed by atoms with Crippen LogP contribution in [-0.2, 0) is 14.1 Å². The molecule has 0 aliphatic carbocycles. The van der Waals surface area contributed by atoms with Gasteiger partial charge in [0, 0.05) is 26.7 Å². The number of fused-ring (bicyclic) bond motifs is 1. The standard InChI is InChI=1S/C13H20N6O2/c1-18-10-9(11(20)19(2)13(18)21)16-12(17-10)15-7-5-8-4-3-6-14-8/h8,14H,3-7H2,1-2H3,(H2,15,16,17). The Bertz CT molecular complexity index is 765. The predicted octanol–water partition coefficient (Wildman–Crippen LogP) is -0.486. The molecule has 3 heterocycles. The number of H-pyrrole nitrogens is 1. The fourth-order valence-corrected chi connectivity index (χ4v) is 2.78. The number of rotatable bonds is 4. The molecule has 0 bridgehead atoms. The van der Waals surface area contributed by atoms with E-state index in [0.29, 0.717) is 23.2 Å². The average molecular weight is 292 g/mol. The Hall–Kier alpha value is -2.09. The van der Waals surface area contributed by atoms with Crippen LogP contribution >= 0.6 is 0 Å². The number of hydrogen-bond donors (Lipinski definition) is 3. The summed E-state index contributed by atoms with van der Waals surface area (Å²) in [6.45, 7) is 1.86. The Labute approximate surface area is 121 Å². The molecule has 1 unspecified atom stereocenters. The van der Waals surface area contributed by atoms with Crippen molar-refractivity contribution in [2.24, 2.45) is 14.1 Å². The van der Waals surface area contributed by atoms with Crippen LogP contribution in [0, 0.1) is 0 Å². The van der Waals surface area contributed by atoms with Crippen LogP contribution in [0.4, 0.5) is 5.95 Å². The van der Waals surface area contributed by atoms with E-state index in [2.05, 4.69) is 20.6 Å². The smallest absolute Gasteiger partial charge is 0.332 e. The van der Waals surface area contributed by atoms with Crippen molar-refractivity contribution >= 4 is 17.1 Å². The molecule has 1 atom stereocenters. The first-order valence-corrected chi connectivity index (χ1v) is 7.21. The molecule has 114 valence electrons. The molecule has 0 saturated carbocycles. The van der Waals surface area contributed by atoms with Crippen molar-refractivity contribution < 1.29 is 0 Å². The zero-order valence-corrected chi connectivity index (χ0v) is 12.3. The van der Waals surface area contributed by atoms with Gasteiger partial charge in [0.25, 0.3) is 5.56 Å². The molecule has 0 amide bonds. The molecule has 0 spiro atoms. The van der Waals surface area contributed by atoms with Crippen molar-refractivity contribution in [1.82, 2.24) is 24.4 Å². The fraction of sp³-hybridized carbons (Fsp3) is 0.615. The quantitative estimate of drug-likeness (QED) is 0.707. The SMILES string of the molecule is Cn1c(=O)c2[nH]c(NCCC3CCCN3)nc2n(C)c1=O. The van der Waals surface area contributed by atoms with E-state index in [1.54, 1.807) is 7.05 Å². The minimum absolute atomic E-state index is 0.348. The summed E-state index contributed by atoms with van der Waals surface area (Å²) in [5.74, 6) is 0.529. The number of hydrogen-bond acceptors (Lipinski definition) is 5. The van der Waals surface area contributed by atoms with Crippen molar-refractivity contribution in [2.45, 2.75) is 25.3 Å². The van der Waals surface area contributed by atoms with Crippen LogP contribution in [0.25, 0.3) is 11.2 Å². The number of imidazole rings is 1. The molecular weight excluding hydrogens is 272 g/mol. The Morgan fingerprint density at radius 2 is 2.14 bits per heavy atom. The highest BCUT2D eigenvalue weighted by atomic mass is 16.2. The lowest BCUT2D eigenvalue weighted by atomic mass is 10.2. The molecular formula is C13H20N6O2. The van der Waals surface area contributed by atoms with Crippen LogP contribution < -0.4 is 21.9 Å². The maximum Gasteiger partial charge on any atom is 0.332 e. The molecule has 2 aromatic heterocycles. The highest BCUT2D eigenvalue weighted by Gasteiger charge is 2.15. The normalized spacial score (nSPS) is 18.5. The lowest BCUT2D eigenvalue weighted by Crippen LogP contribution is -2.36. The average Bonchev–Trinajstić information content (AvgIpc) is 3.12. The van der Waals surface area contributed by atoms with Crippen LogP contribution in [0.15, 0.2) is 9.59 Å². The number of aromatic nitrogens is 4. The summed E-state index contributed by atoms with van der Waals surface area (Å²) in [5.41, 5.74) is -0.00232. The number of aromatic amines is 1. The molecule has 1 fully saturated rings. The van der Waals surface area contributed by atoms with Gasteiger partial charge in [-0.25, -0.2) is 4.79 Å². The van der Waals surface area contributed by atoms with Crippen LogP contribution in [0.3, 0.4) is 0 Å². The maximum atomic E-state index is 12.0. The van der Waals surface area contributed by atoms with Crippen LogP contribution in [-0.4, -0.2) is 38.2 Å². The highest BCUT2D eigenvalue weighted by molar-refractivity contribution is 5.72. The lowest BCUT2D eigenvalue weighted by molar-refractivity contribution is 0.574. The molecule has 8 heteroatoms. The van der Waals surface area contributed by atoms with Crippen molar-refractivity contribution in [3.05, 3.63) is 20.8 Å². The Morgan fingerprint density at radius 3 is 2.86 bits per heavy atom. The minimum Gasteiger partial charge on any atom is -0.356 e. The fourth-order valence-electron chi connectivity index (χ4n) is 2.78. The summed E-state index contributed by atoms with van der Waals surface area (Å²) in [6, 6.07) is 0.555. The molecule has 21 heavy (non-hydrogen) atoms. The van der Waals surface area contributed by atoms with Crippen molar-refractivity contribution in [1.29, 1.82) is 0 Å². The van der Waals surface area contributed by atoms with Crippen molar-refractivity contribution in [3.8, 4) is 0 Å². The second-order valence-corrected chi connectivity index (χ2v) is 5.50. The van der Waals surface area contributed by atoms with Gasteiger partial charge in [0.15, 0.2) is 11.2 Å². The zero-order chi connectivity index (χ0) is 15.0. The van der Waals surface area contributed by atoms with E-state index in [9.17, 15) is 9.59 Å². The number of aryl methyl sites for hydroxylation is 1. The van der Waals surface area contributed by atoms with Gasteiger partial charge in [-0.1, -0.05) is 0 Å². The van der Waals surface area contributed by atoms with Crippen LogP contribution in [0.5, 0.6) is 0 Å². The molecule has 3 N–H and O–H groups in total. The Balaban J connectivity index is 1.81. The molecule has 3 rings (SSSR count). The second-order valence-electron chi connectivity index (χ2n) is 5.50. The molecule has 0 radical (unpaired) electrons. The van der Waals surface area contributed by atoms with E-state index < -0.39 is 0 Å².